The first-order valence-electron chi connectivity index (χ1n) is 8.17. The lowest BCUT2D eigenvalue weighted by Gasteiger charge is -2.07. The molecular formula is C18H18N4O. The molecule has 0 aliphatic heterocycles. The zero-order valence-electron chi connectivity index (χ0n) is 13.0. The molecule has 5 heteroatoms. The van der Waals surface area contributed by atoms with Gasteiger partial charge >= 0.3 is 0 Å². The van der Waals surface area contributed by atoms with Gasteiger partial charge in [-0.25, -0.2) is 0 Å². The number of nitrogens with two attached hydrogens (primary N) is 1. The summed E-state index contributed by atoms with van der Waals surface area (Å²) in [5.74, 6) is 1.75. The molecule has 116 valence electrons. The average Bonchev–Trinajstić information content (AvgIpc) is 3.47. The maximum atomic E-state index is 6.19. The van der Waals surface area contributed by atoms with Crippen LogP contribution >= 0.6 is 0 Å². The lowest BCUT2D eigenvalue weighted by atomic mass is 10.0. The maximum Gasteiger partial charge on any atom is 0.258 e. The van der Waals surface area contributed by atoms with Crippen molar-refractivity contribution < 1.29 is 4.52 Å². The van der Waals surface area contributed by atoms with Gasteiger partial charge in [0.1, 0.15) is 0 Å². The summed E-state index contributed by atoms with van der Waals surface area (Å²) < 4.78 is 5.55. The van der Waals surface area contributed by atoms with Crippen LogP contribution in [-0.4, -0.2) is 15.1 Å². The molecule has 0 saturated heterocycles. The van der Waals surface area contributed by atoms with Gasteiger partial charge in [0, 0.05) is 17.0 Å². The molecule has 0 spiro atoms. The molecule has 1 aromatic carbocycles. The van der Waals surface area contributed by atoms with Gasteiger partial charge in [-0.05, 0) is 50.8 Å². The van der Waals surface area contributed by atoms with Gasteiger partial charge in [-0.3, -0.25) is 4.98 Å². The summed E-state index contributed by atoms with van der Waals surface area (Å²) in [6.45, 7) is 2.08. The Morgan fingerprint density at radius 2 is 2.00 bits per heavy atom. The Balaban J connectivity index is 1.71. The van der Waals surface area contributed by atoms with Gasteiger partial charge in [-0.15, -0.1) is 0 Å². The van der Waals surface area contributed by atoms with Crippen LogP contribution in [0.1, 0.15) is 48.7 Å². The van der Waals surface area contributed by atoms with E-state index in [1.165, 1.54) is 18.4 Å². The second kappa shape index (κ2) is 4.38. The molecule has 2 aliphatic rings. The highest BCUT2D eigenvalue weighted by Gasteiger charge is 2.44. The normalized spacial score (nSPS) is 19.2. The third kappa shape index (κ3) is 2.15. The predicted molar refractivity (Wildman–Crippen MR) is 86.8 cm³/mol. The van der Waals surface area contributed by atoms with Crippen LogP contribution in [0, 0.1) is 6.92 Å². The monoisotopic (exact) mass is 306 g/mol. The van der Waals surface area contributed by atoms with Crippen molar-refractivity contribution in [2.24, 2.45) is 5.73 Å². The molecule has 2 aromatic heterocycles. The highest BCUT2D eigenvalue weighted by atomic mass is 16.5. The standard InChI is InChI=1S/C18H18N4O/c1-10-2-5-14-12(8-10)13(9-15(20-14)11-3-4-11)16-21-17(22-23-16)18(19)6-7-18/h2,5,8-9,11H,3-4,6-7,19H2,1H3. The third-order valence-corrected chi connectivity index (χ3v) is 4.87. The Bertz CT molecular complexity index is 922. The summed E-state index contributed by atoms with van der Waals surface area (Å²) in [6.07, 6.45) is 4.28. The Hall–Kier alpha value is -2.27. The number of aromatic nitrogens is 3. The molecule has 2 N–H and O–H groups in total. The molecule has 23 heavy (non-hydrogen) atoms. The number of hydrogen-bond donors (Lipinski definition) is 1. The first-order chi connectivity index (χ1) is 11.1. The fraction of sp³-hybridized carbons (Fsp3) is 0.389. The highest BCUT2D eigenvalue weighted by Crippen LogP contribution is 2.43. The third-order valence-electron chi connectivity index (χ3n) is 4.87. The van der Waals surface area contributed by atoms with Crippen molar-refractivity contribution in [3.8, 4) is 11.5 Å². The van der Waals surface area contributed by atoms with Gasteiger partial charge in [0.25, 0.3) is 5.89 Å². The van der Waals surface area contributed by atoms with Crippen LogP contribution in [0.2, 0.25) is 0 Å². The topological polar surface area (TPSA) is 77.8 Å². The molecule has 0 unspecified atom stereocenters. The van der Waals surface area contributed by atoms with Gasteiger partial charge < -0.3 is 10.3 Å². The van der Waals surface area contributed by atoms with Crippen molar-refractivity contribution in [1.29, 1.82) is 0 Å². The molecule has 0 atom stereocenters. The summed E-state index contributed by atoms with van der Waals surface area (Å²) in [7, 11) is 0. The van der Waals surface area contributed by atoms with E-state index in [1.807, 2.05) is 0 Å². The van der Waals surface area contributed by atoms with Gasteiger partial charge in [-0.1, -0.05) is 16.8 Å². The van der Waals surface area contributed by atoms with Crippen LogP contribution < -0.4 is 5.73 Å². The Morgan fingerprint density at radius 3 is 2.74 bits per heavy atom. The zero-order chi connectivity index (χ0) is 15.6. The number of pyridine rings is 1. The first-order valence-corrected chi connectivity index (χ1v) is 8.17. The van der Waals surface area contributed by atoms with E-state index in [4.69, 9.17) is 15.2 Å². The minimum absolute atomic E-state index is 0.375. The van der Waals surface area contributed by atoms with Crippen molar-refractivity contribution in [2.45, 2.75) is 44.1 Å². The Morgan fingerprint density at radius 1 is 1.17 bits per heavy atom. The molecule has 5 nitrogen and oxygen atoms in total. The highest BCUT2D eigenvalue weighted by molar-refractivity contribution is 5.93. The number of rotatable bonds is 3. The Labute approximate surface area is 133 Å². The lowest BCUT2D eigenvalue weighted by molar-refractivity contribution is 0.414. The van der Waals surface area contributed by atoms with Crippen LogP contribution in [0.3, 0.4) is 0 Å². The number of nitrogens with zero attached hydrogens (tertiary/aromatic N) is 3. The maximum absolute atomic E-state index is 6.19. The van der Waals surface area contributed by atoms with Crippen LogP contribution in [0.4, 0.5) is 0 Å². The summed E-state index contributed by atoms with van der Waals surface area (Å²) >= 11 is 0. The number of aryl methyl sites for hydroxylation is 1. The fourth-order valence-corrected chi connectivity index (χ4v) is 3.02. The summed E-state index contributed by atoms with van der Waals surface area (Å²) in [6, 6.07) is 8.41. The number of fused-ring (bicyclic) bond motifs is 1. The van der Waals surface area contributed by atoms with Crippen molar-refractivity contribution in [3.63, 3.8) is 0 Å². The molecular weight excluding hydrogens is 288 g/mol. The van der Waals surface area contributed by atoms with Crippen LogP contribution in [-0.2, 0) is 5.54 Å². The summed E-state index contributed by atoms with van der Waals surface area (Å²) in [4.78, 5) is 9.40. The van der Waals surface area contributed by atoms with Gasteiger partial charge in [0.05, 0.1) is 16.6 Å². The first kappa shape index (κ1) is 13.2. The van der Waals surface area contributed by atoms with E-state index >= 15 is 0 Å². The van der Waals surface area contributed by atoms with E-state index in [-0.39, 0.29) is 5.54 Å². The summed E-state index contributed by atoms with van der Waals surface area (Å²) in [5, 5.41) is 5.18. The molecule has 2 fully saturated rings. The van der Waals surface area contributed by atoms with Crippen molar-refractivity contribution in [2.75, 3.05) is 0 Å². The van der Waals surface area contributed by atoms with Crippen LogP contribution in [0.15, 0.2) is 28.8 Å². The van der Waals surface area contributed by atoms with Crippen molar-refractivity contribution in [1.82, 2.24) is 15.1 Å². The van der Waals surface area contributed by atoms with E-state index in [2.05, 4.69) is 41.3 Å². The minimum Gasteiger partial charge on any atom is -0.334 e. The smallest absolute Gasteiger partial charge is 0.258 e. The number of hydrogen-bond acceptors (Lipinski definition) is 5. The summed E-state index contributed by atoms with van der Waals surface area (Å²) in [5.41, 5.74) is 10.1. The molecule has 2 heterocycles. The molecule has 5 rings (SSSR count). The number of benzene rings is 1. The fourth-order valence-electron chi connectivity index (χ4n) is 3.02. The zero-order valence-corrected chi connectivity index (χ0v) is 13.0. The molecule has 2 aliphatic carbocycles. The minimum atomic E-state index is -0.375. The van der Waals surface area contributed by atoms with Crippen molar-refractivity contribution >= 4 is 10.9 Å². The molecule has 0 bridgehead atoms. The quantitative estimate of drug-likeness (QED) is 0.802. The van der Waals surface area contributed by atoms with Crippen LogP contribution in [0.25, 0.3) is 22.4 Å². The molecule has 3 aromatic rings. The Kier molecular flexibility index (Phi) is 2.52. The molecule has 0 amide bonds. The largest absolute Gasteiger partial charge is 0.334 e. The van der Waals surface area contributed by atoms with E-state index in [0.29, 0.717) is 17.6 Å². The van der Waals surface area contributed by atoms with E-state index in [1.54, 1.807) is 0 Å². The molecule has 2 saturated carbocycles. The second-order valence-corrected chi connectivity index (χ2v) is 6.97. The lowest BCUT2D eigenvalue weighted by Crippen LogP contribution is -2.20. The van der Waals surface area contributed by atoms with Crippen LogP contribution in [0.5, 0.6) is 0 Å². The predicted octanol–water partition coefficient (Wildman–Crippen LogP) is 3.42. The molecule has 0 radical (unpaired) electrons. The SMILES string of the molecule is Cc1ccc2nc(C3CC3)cc(-c3nc(C4(N)CC4)no3)c2c1. The van der Waals surface area contributed by atoms with E-state index < -0.39 is 0 Å². The van der Waals surface area contributed by atoms with Gasteiger partial charge in [0.15, 0.2) is 5.82 Å². The average molecular weight is 306 g/mol. The van der Waals surface area contributed by atoms with E-state index in [9.17, 15) is 0 Å². The van der Waals surface area contributed by atoms with Gasteiger partial charge in [-0.2, -0.15) is 4.98 Å². The van der Waals surface area contributed by atoms with E-state index in [0.717, 1.165) is 35.0 Å². The van der Waals surface area contributed by atoms with Crippen molar-refractivity contribution in [3.05, 3.63) is 41.3 Å². The second-order valence-electron chi connectivity index (χ2n) is 6.97. The van der Waals surface area contributed by atoms with Gasteiger partial charge in [0.2, 0.25) is 0 Å².